The van der Waals surface area contributed by atoms with E-state index < -0.39 is 26.7 Å². The van der Waals surface area contributed by atoms with Crippen LogP contribution in [-0.2, 0) is 16.2 Å². The lowest BCUT2D eigenvalue weighted by atomic mass is 10.2. The third-order valence-corrected chi connectivity index (χ3v) is 6.49. The van der Waals surface area contributed by atoms with Crippen LogP contribution in [0.5, 0.6) is 0 Å². The SMILES string of the molecule is O=S(=O)(c1ccc(Cl)cc1C(F)(F)F)N1CCN(c2ccc(F)cc2)CC1. The molecule has 0 aliphatic carbocycles. The lowest BCUT2D eigenvalue weighted by Crippen LogP contribution is -2.49. The number of hydrogen-bond acceptors (Lipinski definition) is 3. The minimum atomic E-state index is -4.84. The number of anilines is 1. The zero-order chi connectivity index (χ0) is 19.8. The monoisotopic (exact) mass is 422 g/mol. The van der Waals surface area contributed by atoms with Crippen LogP contribution in [0, 0.1) is 5.82 Å². The minimum absolute atomic E-state index is 0.0135. The number of halogens is 5. The molecule has 4 nitrogen and oxygen atoms in total. The van der Waals surface area contributed by atoms with E-state index >= 15 is 0 Å². The Kier molecular flexibility index (Phi) is 5.38. The molecule has 1 saturated heterocycles. The van der Waals surface area contributed by atoms with Gasteiger partial charge in [-0.25, -0.2) is 12.8 Å². The molecule has 0 amide bonds. The molecule has 0 spiro atoms. The molecule has 0 aromatic heterocycles. The second kappa shape index (κ2) is 7.29. The first-order valence-corrected chi connectivity index (χ1v) is 9.78. The van der Waals surface area contributed by atoms with Crippen LogP contribution in [0.1, 0.15) is 5.56 Å². The molecule has 27 heavy (non-hydrogen) atoms. The molecule has 0 unspecified atom stereocenters. The van der Waals surface area contributed by atoms with E-state index in [0.29, 0.717) is 6.07 Å². The second-order valence-electron chi connectivity index (χ2n) is 6.01. The molecule has 1 heterocycles. The molecule has 3 rings (SSSR count). The molecule has 10 heteroatoms. The summed E-state index contributed by atoms with van der Waals surface area (Å²) in [6, 6.07) is 8.35. The molecule has 2 aromatic rings. The number of sulfonamides is 1. The van der Waals surface area contributed by atoms with Gasteiger partial charge in [0.15, 0.2) is 0 Å². The van der Waals surface area contributed by atoms with Gasteiger partial charge in [0.2, 0.25) is 10.0 Å². The summed E-state index contributed by atoms with van der Waals surface area (Å²) >= 11 is 5.62. The zero-order valence-electron chi connectivity index (χ0n) is 13.9. The van der Waals surface area contributed by atoms with Crippen molar-refractivity contribution in [2.75, 3.05) is 31.1 Å². The van der Waals surface area contributed by atoms with Crippen LogP contribution in [0.15, 0.2) is 47.4 Å². The highest BCUT2D eigenvalue weighted by Gasteiger charge is 2.40. The summed E-state index contributed by atoms with van der Waals surface area (Å²) in [5.41, 5.74) is -0.563. The Morgan fingerprint density at radius 2 is 1.52 bits per heavy atom. The maximum absolute atomic E-state index is 13.3. The van der Waals surface area contributed by atoms with Gasteiger partial charge in [0, 0.05) is 36.9 Å². The number of piperazine rings is 1. The Bertz CT molecular complexity index is 925. The van der Waals surface area contributed by atoms with Crippen LogP contribution in [0.2, 0.25) is 5.02 Å². The van der Waals surface area contributed by atoms with E-state index in [1.54, 1.807) is 12.1 Å². The molecule has 0 saturated carbocycles. The van der Waals surface area contributed by atoms with Crippen molar-refractivity contribution >= 4 is 27.3 Å². The van der Waals surface area contributed by atoms with Crippen LogP contribution >= 0.6 is 11.6 Å². The highest BCUT2D eigenvalue weighted by atomic mass is 35.5. The Labute approximate surface area is 159 Å². The van der Waals surface area contributed by atoms with Gasteiger partial charge in [0.1, 0.15) is 5.82 Å². The van der Waals surface area contributed by atoms with E-state index in [2.05, 4.69) is 0 Å². The second-order valence-corrected chi connectivity index (χ2v) is 8.35. The van der Waals surface area contributed by atoms with Gasteiger partial charge in [0.25, 0.3) is 0 Å². The van der Waals surface area contributed by atoms with Crippen LogP contribution in [-0.4, -0.2) is 38.9 Å². The first-order chi connectivity index (χ1) is 12.6. The molecule has 1 aliphatic rings. The predicted octanol–water partition coefficient (Wildman–Crippen LogP) is 4.01. The molecule has 0 N–H and O–H groups in total. The van der Waals surface area contributed by atoms with Crippen LogP contribution in [0.4, 0.5) is 23.2 Å². The average molecular weight is 423 g/mol. The third kappa shape index (κ3) is 4.20. The van der Waals surface area contributed by atoms with Crippen molar-refractivity contribution in [3.05, 3.63) is 58.9 Å². The van der Waals surface area contributed by atoms with Crippen molar-refractivity contribution < 1.29 is 26.0 Å². The Balaban J connectivity index is 1.83. The molecule has 1 fully saturated rings. The summed E-state index contributed by atoms with van der Waals surface area (Å²) in [6.07, 6.45) is -4.84. The molecule has 1 aliphatic heterocycles. The molecular weight excluding hydrogens is 408 g/mol. The zero-order valence-corrected chi connectivity index (χ0v) is 15.5. The van der Waals surface area contributed by atoms with Gasteiger partial charge in [-0.05, 0) is 42.5 Å². The average Bonchev–Trinajstić information content (AvgIpc) is 2.61. The first-order valence-electron chi connectivity index (χ1n) is 7.96. The summed E-state index contributed by atoms with van der Waals surface area (Å²) in [5.74, 6) is -0.387. The van der Waals surface area contributed by atoms with Crippen LogP contribution in [0.25, 0.3) is 0 Å². The van der Waals surface area contributed by atoms with Gasteiger partial charge in [-0.15, -0.1) is 0 Å². The molecule has 0 atom stereocenters. The fourth-order valence-electron chi connectivity index (χ4n) is 2.93. The number of hydrogen-bond donors (Lipinski definition) is 0. The highest BCUT2D eigenvalue weighted by Crippen LogP contribution is 2.37. The van der Waals surface area contributed by atoms with Crippen molar-refractivity contribution in [1.29, 1.82) is 0 Å². The normalized spacial score (nSPS) is 16.6. The molecule has 2 aromatic carbocycles. The largest absolute Gasteiger partial charge is 0.417 e. The predicted molar refractivity (Wildman–Crippen MR) is 93.8 cm³/mol. The summed E-state index contributed by atoms with van der Waals surface area (Å²) in [7, 11) is -4.34. The lowest BCUT2D eigenvalue weighted by molar-refractivity contribution is -0.139. The fourth-order valence-corrected chi connectivity index (χ4v) is 4.71. The molecule has 0 radical (unpaired) electrons. The van der Waals surface area contributed by atoms with Gasteiger partial charge in [-0.1, -0.05) is 11.6 Å². The highest BCUT2D eigenvalue weighted by molar-refractivity contribution is 7.89. The van der Waals surface area contributed by atoms with Crippen molar-refractivity contribution in [2.45, 2.75) is 11.1 Å². The summed E-state index contributed by atoms with van der Waals surface area (Å²) < 4.78 is 79.4. The fraction of sp³-hybridized carbons (Fsp3) is 0.294. The Morgan fingerprint density at radius 3 is 2.07 bits per heavy atom. The summed E-state index contributed by atoms with van der Waals surface area (Å²) in [4.78, 5) is 1.03. The summed E-state index contributed by atoms with van der Waals surface area (Å²) in [6.45, 7) is 0.582. The minimum Gasteiger partial charge on any atom is -0.369 e. The Morgan fingerprint density at radius 1 is 0.926 bits per heavy atom. The quantitative estimate of drug-likeness (QED) is 0.702. The number of benzene rings is 2. The number of alkyl halides is 3. The summed E-state index contributed by atoms with van der Waals surface area (Å²) in [5, 5.41) is -0.192. The maximum atomic E-state index is 13.3. The van der Waals surface area contributed by atoms with Gasteiger partial charge in [-0.2, -0.15) is 17.5 Å². The molecule has 146 valence electrons. The smallest absolute Gasteiger partial charge is 0.369 e. The number of rotatable bonds is 3. The van der Waals surface area contributed by atoms with Crippen LogP contribution < -0.4 is 4.90 Å². The van der Waals surface area contributed by atoms with Crippen LogP contribution in [0.3, 0.4) is 0 Å². The molecule has 0 bridgehead atoms. The Hall–Kier alpha value is -1.84. The van der Waals surface area contributed by atoms with Crippen molar-refractivity contribution in [1.82, 2.24) is 4.31 Å². The van der Waals surface area contributed by atoms with Crippen molar-refractivity contribution in [3.63, 3.8) is 0 Å². The van der Waals surface area contributed by atoms with E-state index in [-0.39, 0.29) is 37.0 Å². The van der Waals surface area contributed by atoms with E-state index in [1.165, 1.54) is 12.1 Å². The molecular formula is C17H15ClF4N2O2S. The third-order valence-electron chi connectivity index (χ3n) is 4.30. The lowest BCUT2D eigenvalue weighted by Gasteiger charge is -2.35. The van der Waals surface area contributed by atoms with E-state index in [1.807, 2.05) is 4.90 Å². The van der Waals surface area contributed by atoms with Gasteiger partial charge in [-0.3, -0.25) is 0 Å². The van der Waals surface area contributed by atoms with Gasteiger partial charge >= 0.3 is 6.18 Å². The first kappa shape index (κ1) is 19.9. The van der Waals surface area contributed by atoms with Crippen molar-refractivity contribution in [3.8, 4) is 0 Å². The van der Waals surface area contributed by atoms with Gasteiger partial charge in [0.05, 0.1) is 10.5 Å². The standard InChI is InChI=1S/C17H15ClF4N2O2S/c18-12-1-6-16(15(11-12)17(20,21)22)27(25,26)24-9-7-23(8-10-24)14-4-2-13(19)3-5-14/h1-6,11H,7-10H2. The van der Waals surface area contributed by atoms with E-state index in [4.69, 9.17) is 11.6 Å². The topological polar surface area (TPSA) is 40.6 Å². The van der Waals surface area contributed by atoms with Gasteiger partial charge < -0.3 is 4.90 Å². The van der Waals surface area contributed by atoms with E-state index in [0.717, 1.165) is 22.1 Å². The maximum Gasteiger partial charge on any atom is 0.417 e. The van der Waals surface area contributed by atoms with E-state index in [9.17, 15) is 26.0 Å². The van der Waals surface area contributed by atoms with Crippen molar-refractivity contribution in [2.24, 2.45) is 0 Å². The number of nitrogens with zero attached hydrogens (tertiary/aromatic N) is 2.